The highest BCUT2D eigenvalue weighted by Gasteiger charge is 2.32. The zero-order valence-electron chi connectivity index (χ0n) is 12.6. The molecule has 1 aromatic rings. The molecular formula is C17H27NO. The summed E-state index contributed by atoms with van der Waals surface area (Å²) >= 11 is 0. The highest BCUT2D eigenvalue weighted by atomic mass is 16.5. The Hall–Kier alpha value is -0.860. The van der Waals surface area contributed by atoms with E-state index in [2.05, 4.69) is 44.3 Å². The fourth-order valence-corrected chi connectivity index (χ4v) is 3.01. The fraction of sp³-hybridized carbons (Fsp3) is 0.647. The lowest BCUT2D eigenvalue weighted by Crippen LogP contribution is -2.41. The molecule has 0 bridgehead atoms. The molecule has 0 unspecified atom stereocenters. The molecule has 2 nitrogen and oxygen atoms in total. The molecule has 0 amide bonds. The predicted molar refractivity (Wildman–Crippen MR) is 80.6 cm³/mol. The van der Waals surface area contributed by atoms with Crippen molar-refractivity contribution in [2.45, 2.75) is 40.0 Å². The lowest BCUT2D eigenvalue weighted by molar-refractivity contribution is 0.0151. The predicted octanol–water partition coefficient (Wildman–Crippen LogP) is 3.25. The zero-order valence-corrected chi connectivity index (χ0v) is 12.6. The molecule has 1 aromatic carbocycles. The van der Waals surface area contributed by atoms with Crippen LogP contribution in [0.2, 0.25) is 0 Å². The van der Waals surface area contributed by atoms with Crippen LogP contribution in [-0.4, -0.2) is 26.3 Å². The highest BCUT2D eigenvalue weighted by Crippen LogP contribution is 2.34. The van der Waals surface area contributed by atoms with E-state index in [1.54, 1.807) is 0 Å². The third kappa shape index (κ3) is 3.80. The van der Waals surface area contributed by atoms with Gasteiger partial charge in [-0.25, -0.2) is 0 Å². The number of ether oxygens (including phenoxy) is 1. The minimum absolute atomic E-state index is 0.382. The first-order valence-electron chi connectivity index (χ1n) is 7.50. The molecule has 1 saturated heterocycles. The van der Waals surface area contributed by atoms with Crippen molar-refractivity contribution in [3.8, 4) is 0 Å². The molecule has 106 valence electrons. The molecule has 1 fully saturated rings. The van der Waals surface area contributed by atoms with Crippen molar-refractivity contribution in [2.24, 2.45) is 5.41 Å². The lowest BCUT2D eigenvalue weighted by Gasteiger charge is -2.38. The molecule has 0 radical (unpaired) electrons. The second-order valence-electron chi connectivity index (χ2n) is 6.00. The van der Waals surface area contributed by atoms with Crippen LogP contribution >= 0.6 is 0 Å². The lowest BCUT2D eigenvalue weighted by atomic mass is 9.74. The van der Waals surface area contributed by atoms with Crippen LogP contribution < -0.4 is 5.32 Å². The van der Waals surface area contributed by atoms with E-state index in [0.717, 1.165) is 26.3 Å². The van der Waals surface area contributed by atoms with Gasteiger partial charge in [-0.15, -0.1) is 0 Å². The van der Waals surface area contributed by atoms with E-state index >= 15 is 0 Å². The maximum atomic E-state index is 5.57. The second kappa shape index (κ2) is 6.53. The monoisotopic (exact) mass is 261 g/mol. The van der Waals surface area contributed by atoms with E-state index in [1.807, 2.05) is 0 Å². The van der Waals surface area contributed by atoms with Gasteiger partial charge in [0.15, 0.2) is 0 Å². The molecule has 1 N–H and O–H groups in total. The molecule has 1 aliphatic rings. The Morgan fingerprint density at radius 3 is 2.63 bits per heavy atom. The van der Waals surface area contributed by atoms with E-state index in [4.69, 9.17) is 4.74 Å². The summed E-state index contributed by atoms with van der Waals surface area (Å²) < 4.78 is 5.57. The Bertz CT molecular complexity index is 408. The Labute approximate surface area is 117 Å². The Kier molecular flexibility index (Phi) is 5.00. The number of hydrogen-bond acceptors (Lipinski definition) is 2. The smallest absolute Gasteiger partial charge is 0.0471 e. The summed E-state index contributed by atoms with van der Waals surface area (Å²) in [6.07, 6.45) is 3.53. The van der Waals surface area contributed by atoms with Gasteiger partial charge < -0.3 is 10.1 Å². The van der Waals surface area contributed by atoms with Crippen LogP contribution in [0.4, 0.5) is 0 Å². The van der Waals surface area contributed by atoms with Crippen molar-refractivity contribution in [1.82, 2.24) is 5.32 Å². The molecule has 0 spiro atoms. The summed E-state index contributed by atoms with van der Waals surface area (Å²) in [6.45, 7) is 10.6. The second-order valence-corrected chi connectivity index (χ2v) is 6.00. The Morgan fingerprint density at radius 1 is 1.21 bits per heavy atom. The molecule has 1 aliphatic heterocycles. The number of hydrogen-bond donors (Lipinski definition) is 1. The highest BCUT2D eigenvalue weighted by molar-refractivity contribution is 5.31. The van der Waals surface area contributed by atoms with Gasteiger partial charge in [0.1, 0.15) is 0 Å². The third-order valence-electron chi connectivity index (χ3n) is 4.37. The minimum atomic E-state index is 0.382. The summed E-state index contributed by atoms with van der Waals surface area (Å²) in [7, 11) is 0. The first-order valence-corrected chi connectivity index (χ1v) is 7.50. The molecule has 0 aliphatic carbocycles. The number of nitrogens with one attached hydrogen (secondary N) is 1. The largest absolute Gasteiger partial charge is 0.381 e. The first kappa shape index (κ1) is 14.5. The van der Waals surface area contributed by atoms with Crippen LogP contribution in [0.5, 0.6) is 0 Å². The molecule has 2 heteroatoms. The summed E-state index contributed by atoms with van der Waals surface area (Å²) in [5, 5.41) is 3.56. The molecular weight excluding hydrogens is 234 g/mol. The SMILES string of the molecule is CCNCC1(Cc2cc(C)ccc2C)CCOCC1. The molecule has 0 saturated carbocycles. The van der Waals surface area contributed by atoms with Crippen molar-refractivity contribution in [2.75, 3.05) is 26.3 Å². The summed E-state index contributed by atoms with van der Waals surface area (Å²) in [5.41, 5.74) is 4.69. The number of aryl methyl sites for hydroxylation is 2. The van der Waals surface area contributed by atoms with E-state index in [-0.39, 0.29) is 0 Å². The maximum Gasteiger partial charge on any atom is 0.0471 e. The van der Waals surface area contributed by atoms with Crippen LogP contribution in [0.3, 0.4) is 0 Å². The van der Waals surface area contributed by atoms with Crippen molar-refractivity contribution < 1.29 is 4.74 Å². The van der Waals surface area contributed by atoms with Gasteiger partial charge in [0.05, 0.1) is 0 Å². The van der Waals surface area contributed by atoms with Gasteiger partial charge in [-0.3, -0.25) is 0 Å². The van der Waals surface area contributed by atoms with Gasteiger partial charge in [-0.05, 0) is 56.2 Å². The summed E-state index contributed by atoms with van der Waals surface area (Å²) in [4.78, 5) is 0. The summed E-state index contributed by atoms with van der Waals surface area (Å²) in [6, 6.07) is 6.82. The van der Waals surface area contributed by atoms with Gasteiger partial charge >= 0.3 is 0 Å². The van der Waals surface area contributed by atoms with Crippen LogP contribution in [0.1, 0.15) is 36.5 Å². The van der Waals surface area contributed by atoms with Crippen LogP contribution in [0, 0.1) is 19.3 Å². The van der Waals surface area contributed by atoms with E-state index in [1.165, 1.54) is 36.0 Å². The van der Waals surface area contributed by atoms with E-state index < -0.39 is 0 Å². The van der Waals surface area contributed by atoms with Gasteiger partial charge in [-0.2, -0.15) is 0 Å². The number of rotatable bonds is 5. The van der Waals surface area contributed by atoms with Crippen molar-refractivity contribution in [3.05, 3.63) is 34.9 Å². The molecule has 19 heavy (non-hydrogen) atoms. The minimum Gasteiger partial charge on any atom is -0.381 e. The van der Waals surface area contributed by atoms with E-state index in [0.29, 0.717) is 5.41 Å². The fourth-order valence-electron chi connectivity index (χ4n) is 3.01. The van der Waals surface area contributed by atoms with Crippen molar-refractivity contribution in [3.63, 3.8) is 0 Å². The quantitative estimate of drug-likeness (QED) is 0.878. The van der Waals surface area contributed by atoms with Crippen molar-refractivity contribution >= 4 is 0 Å². The summed E-state index contributed by atoms with van der Waals surface area (Å²) in [5.74, 6) is 0. The zero-order chi connectivity index (χ0) is 13.7. The normalized spacial score (nSPS) is 18.5. The number of benzene rings is 1. The third-order valence-corrected chi connectivity index (χ3v) is 4.37. The maximum absolute atomic E-state index is 5.57. The average molecular weight is 261 g/mol. The Balaban J connectivity index is 2.16. The van der Waals surface area contributed by atoms with Crippen LogP contribution in [0.25, 0.3) is 0 Å². The van der Waals surface area contributed by atoms with Crippen LogP contribution in [-0.2, 0) is 11.2 Å². The first-order chi connectivity index (χ1) is 9.15. The van der Waals surface area contributed by atoms with Crippen LogP contribution in [0.15, 0.2) is 18.2 Å². The van der Waals surface area contributed by atoms with Gasteiger partial charge in [0.25, 0.3) is 0 Å². The standard InChI is InChI=1S/C17H27NO/c1-4-18-13-17(7-9-19-10-8-17)12-16-11-14(2)5-6-15(16)3/h5-6,11,18H,4,7-10,12-13H2,1-3H3. The van der Waals surface area contributed by atoms with Gasteiger partial charge in [0.2, 0.25) is 0 Å². The van der Waals surface area contributed by atoms with Gasteiger partial charge in [-0.1, -0.05) is 30.7 Å². The topological polar surface area (TPSA) is 21.3 Å². The molecule has 1 heterocycles. The molecule has 2 rings (SSSR count). The van der Waals surface area contributed by atoms with Crippen molar-refractivity contribution in [1.29, 1.82) is 0 Å². The molecule has 0 atom stereocenters. The Morgan fingerprint density at radius 2 is 1.95 bits per heavy atom. The molecule has 0 aromatic heterocycles. The average Bonchev–Trinajstić information content (AvgIpc) is 2.42. The van der Waals surface area contributed by atoms with Gasteiger partial charge in [0, 0.05) is 19.8 Å². The van der Waals surface area contributed by atoms with E-state index in [9.17, 15) is 0 Å².